The second-order valence-corrected chi connectivity index (χ2v) is 4.99. The third-order valence-corrected chi connectivity index (χ3v) is 3.75. The number of carbonyl (C=O) groups excluding carboxylic acids is 1. The highest BCUT2D eigenvalue weighted by Gasteiger charge is 2.38. The first-order valence-corrected chi connectivity index (χ1v) is 6.98. The molecule has 2 rings (SSSR count). The van der Waals surface area contributed by atoms with Crippen LogP contribution in [-0.4, -0.2) is 45.1 Å². The van der Waals surface area contributed by atoms with Crippen molar-refractivity contribution in [1.82, 2.24) is 0 Å². The zero-order chi connectivity index (χ0) is 17.0. The summed E-state index contributed by atoms with van der Waals surface area (Å²) in [6.07, 6.45) is 3.14. The van der Waals surface area contributed by atoms with Crippen molar-refractivity contribution in [1.29, 1.82) is 0 Å². The predicted molar refractivity (Wildman–Crippen MR) is 83.6 cm³/mol. The van der Waals surface area contributed by atoms with Crippen molar-refractivity contribution in [2.45, 2.75) is 12.2 Å². The van der Waals surface area contributed by atoms with E-state index in [1.165, 1.54) is 34.5 Å². The number of ketones is 1. The van der Waals surface area contributed by atoms with Gasteiger partial charge in [-0.1, -0.05) is 6.08 Å². The van der Waals surface area contributed by atoms with Gasteiger partial charge >= 0.3 is 0 Å². The third kappa shape index (κ3) is 3.23. The molecule has 0 saturated heterocycles. The Labute approximate surface area is 134 Å². The van der Waals surface area contributed by atoms with E-state index >= 15 is 0 Å². The molecule has 124 valence electrons. The fraction of sp³-hybridized carbons (Fsp3) is 0.353. The predicted octanol–water partition coefficient (Wildman–Crippen LogP) is 2.08. The normalized spacial score (nSPS) is 20.4. The van der Waals surface area contributed by atoms with Gasteiger partial charge in [0.1, 0.15) is 0 Å². The van der Waals surface area contributed by atoms with Crippen molar-refractivity contribution < 1.29 is 28.8 Å². The number of rotatable bonds is 6. The van der Waals surface area contributed by atoms with Crippen molar-refractivity contribution in [3.05, 3.63) is 47.2 Å². The summed E-state index contributed by atoms with van der Waals surface area (Å²) in [7, 11) is 5.82. The maximum Gasteiger partial charge on any atom is 0.229 e. The van der Waals surface area contributed by atoms with Crippen LogP contribution < -0.4 is 9.47 Å². The van der Waals surface area contributed by atoms with Gasteiger partial charge in [0.25, 0.3) is 0 Å². The molecule has 0 radical (unpaired) electrons. The van der Waals surface area contributed by atoms with E-state index in [2.05, 4.69) is 0 Å². The Morgan fingerprint density at radius 3 is 2.30 bits per heavy atom. The highest BCUT2D eigenvalue weighted by atomic mass is 16.6. The molecule has 0 aromatic heterocycles. The number of ether oxygens (including phenoxy) is 4. The SMILES string of the molecule is COC1=CC=C(C(=O)c2ccc(OC)c(OC)c2)CC1(O)OC. The zero-order valence-corrected chi connectivity index (χ0v) is 13.6. The molecule has 1 aromatic carbocycles. The van der Waals surface area contributed by atoms with Crippen LogP contribution in [0.4, 0.5) is 0 Å². The first-order valence-electron chi connectivity index (χ1n) is 6.98. The molecule has 23 heavy (non-hydrogen) atoms. The monoisotopic (exact) mass is 320 g/mol. The average molecular weight is 320 g/mol. The van der Waals surface area contributed by atoms with Crippen LogP contribution >= 0.6 is 0 Å². The molecule has 0 saturated carbocycles. The quantitative estimate of drug-likeness (QED) is 0.639. The molecule has 0 heterocycles. The lowest BCUT2D eigenvalue weighted by molar-refractivity contribution is -0.178. The Hall–Kier alpha value is -2.31. The lowest BCUT2D eigenvalue weighted by Crippen LogP contribution is -2.37. The summed E-state index contributed by atoms with van der Waals surface area (Å²) >= 11 is 0. The largest absolute Gasteiger partial charge is 0.495 e. The van der Waals surface area contributed by atoms with Crippen LogP contribution in [0.2, 0.25) is 0 Å². The molecular formula is C17H20O6. The Morgan fingerprint density at radius 2 is 1.74 bits per heavy atom. The minimum Gasteiger partial charge on any atom is -0.495 e. The smallest absolute Gasteiger partial charge is 0.229 e. The van der Waals surface area contributed by atoms with Crippen LogP contribution in [0.1, 0.15) is 16.8 Å². The highest BCUT2D eigenvalue weighted by Crippen LogP contribution is 2.34. The van der Waals surface area contributed by atoms with Gasteiger partial charge in [0.05, 0.1) is 21.3 Å². The van der Waals surface area contributed by atoms with Crippen molar-refractivity contribution in [3.63, 3.8) is 0 Å². The molecule has 1 aromatic rings. The van der Waals surface area contributed by atoms with Gasteiger partial charge in [0.2, 0.25) is 5.79 Å². The molecule has 1 atom stereocenters. The molecule has 1 aliphatic carbocycles. The van der Waals surface area contributed by atoms with Gasteiger partial charge in [-0.3, -0.25) is 4.79 Å². The Morgan fingerprint density at radius 1 is 1.04 bits per heavy atom. The summed E-state index contributed by atoms with van der Waals surface area (Å²) in [5, 5.41) is 10.4. The minimum atomic E-state index is -1.65. The summed E-state index contributed by atoms with van der Waals surface area (Å²) in [6.45, 7) is 0. The standard InChI is InChI=1S/C17H20O6/c1-20-13-7-5-11(9-14(13)21-2)16(18)12-6-8-15(22-3)17(19,10-12)23-4/h5-9,19H,10H2,1-4H3. The Kier molecular flexibility index (Phi) is 5.08. The molecule has 0 spiro atoms. The summed E-state index contributed by atoms with van der Waals surface area (Å²) in [4.78, 5) is 12.7. The van der Waals surface area contributed by atoms with E-state index in [0.29, 0.717) is 22.6 Å². The number of Topliss-reactive ketones (excluding diaryl/α,β-unsaturated/α-hetero) is 1. The number of carbonyl (C=O) groups is 1. The second kappa shape index (κ2) is 6.85. The molecule has 1 unspecified atom stereocenters. The molecule has 0 amide bonds. The summed E-state index contributed by atoms with van der Waals surface area (Å²) < 4.78 is 20.6. The summed E-state index contributed by atoms with van der Waals surface area (Å²) in [5.74, 6) is -0.622. The van der Waals surface area contributed by atoms with Crippen LogP contribution in [-0.2, 0) is 9.47 Å². The second-order valence-electron chi connectivity index (χ2n) is 4.99. The molecule has 0 bridgehead atoms. The molecule has 6 heteroatoms. The van der Waals surface area contributed by atoms with Crippen molar-refractivity contribution in [2.24, 2.45) is 0 Å². The average Bonchev–Trinajstić information content (AvgIpc) is 2.60. The van der Waals surface area contributed by atoms with E-state index in [0.717, 1.165) is 0 Å². The van der Waals surface area contributed by atoms with Crippen LogP contribution in [0.25, 0.3) is 0 Å². The first-order chi connectivity index (χ1) is 11.0. The number of hydrogen-bond donors (Lipinski definition) is 1. The van der Waals surface area contributed by atoms with E-state index in [4.69, 9.17) is 18.9 Å². The lowest BCUT2D eigenvalue weighted by atomic mass is 9.91. The lowest BCUT2D eigenvalue weighted by Gasteiger charge is -2.31. The summed E-state index contributed by atoms with van der Waals surface area (Å²) in [6, 6.07) is 4.91. The van der Waals surface area contributed by atoms with E-state index in [1.807, 2.05) is 0 Å². The summed E-state index contributed by atoms with van der Waals surface area (Å²) in [5.41, 5.74) is 0.837. The van der Waals surface area contributed by atoms with Crippen LogP contribution in [0.5, 0.6) is 11.5 Å². The number of allylic oxidation sites excluding steroid dienone is 2. The van der Waals surface area contributed by atoms with Gasteiger partial charge < -0.3 is 24.1 Å². The highest BCUT2D eigenvalue weighted by molar-refractivity contribution is 6.09. The molecule has 1 N–H and O–H groups in total. The van der Waals surface area contributed by atoms with Gasteiger partial charge in [-0.25, -0.2) is 0 Å². The zero-order valence-electron chi connectivity index (χ0n) is 13.6. The van der Waals surface area contributed by atoms with Crippen molar-refractivity contribution in [3.8, 4) is 11.5 Å². The van der Waals surface area contributed by atoms with Crippen molar-refractivity contribution >= 4 is 5.78 Å². The third-order valence-electron chi connectivity index (χ3n) is 3.75. The van der Waals surface area contributed by atoms with E-state index < -0.39 is 5.79 Å². The topological polar surface area (TPSA) is 74.2 Å². The van der Waals surface area contributed by atoms with Crippen LogP contribution in [0, 0.1) is 0 Å². The van der Waals surface area contributed by atoms with Gasteiger partial charge in [0.15, 0.2) is 23.0 Å². The molecule has 1 aliphatic rings. The number of benzene rings is 1. The molecule has 6 nitrogen and oxygen atoms in total. The maximum atomic E-state index is 12.7. The van der Waals surface area contributed by atoms with Crippen LogP contribution in [0.3, 0.4) is 0 Å². The van der Waals surface area contributed by atoms with E-state index in [1.54, 1.807) is 24.3 Å². The van der Waals surface area contributed by atoms with E-state index in [-0.39, 0.29) is 18.0 Å². The molecule has 0 aliphatic heterocycles. The Balaban J connectivity index is 2.34. The fourth-order valence-corrected chi connectivity index (χ4v) is 2.43. The van der Waals surface area contributed by atoms with Gasteiger partial charge in [-0.15, -0.1) is 0 Å². The maximum absolute atomic E-state index is 12.7. The van der Waals surface area contributed by atoms with Gasteiger partial charge in [0, 0.05) is 24.7 Å². The van der Waals surface area contributed by atoms with Crippen LogP contribution in [0.15, 0.2) is 41.7 Å². The molecule has 0 fully saturated rings. The van der Waals surface area contributed by atoms with Gasteiger partial charge in [-0.05, 0) is 24.3 Å². The number of methoxy groups -OCH3 is 4. The Bertz CT molecular complexity index is 661. The van der Waals surface area contributed by atoms with E-state index in [9.17, 15) is 9.90 Å². The molecular weight excluding hydrogens is 300 g/mol. The van der Waals surface area contributed by atoms with Crippen molar-refractivity contribution in [2.75, 3.05) is 28.4 Å². The van der Waals surface area contributed by atoms with Gasteiger partial charge in [-0.2, -0.15) is 0 Å². The number of aliphatic hydroxyl groups is 1. The first kappa shape index (κ1) is 17.1. The minimum absolute atomic E-state index is 0.00362. The fourth-order valence-electron chi connectivity index (χ4n) is 2.43. The number of hydrogen-bond acceptors (Lipinski definition) is 6.